The van der Waals surface area contributed by atoms with E-state index in [1.165, 1.54) is 5.56 Å². The van der Waals surface area contributed by atoms with Gasteiger partial charge < -0.3 is 9.64 Å². The molecule has 0 amide bonds. The van der Waals surface area contributed by atoms with Crippen molar-refractivity contribution in [2.24, 2.45) is 5.41 Å². The van der Waals surface area contributed by atoms with E-state index in [-0.39, 0.29) is 13.2 Å². The molecule has 4 aliphatic rings. The average Bonchev–Trinajstić information content (AvgIpc) is 3.07. The molecule has 2 aromatic heterocycles. The molecule has 0 N–H and O–H groups in total. The zero-order chi connectivity index (χ0) is 23.8. The number of hydrogen-bond acceptors (Lipinski definition) is 6. The highest BCUT2D eigenvalue weighted by atomic mass is 35.5. The lowest BCUT2D eigenvalue weighted by Gasteiger charge is -2.59. The van der Waals surface area contributed by atoms with Gasteiger partial charge >= 0.3 is 0 Å². The Balaban J connectivity index is 1.13. The van der Waals surface area contributed by atoms with Crippen LogP contribution in [0.3, 0.4) is 0 Å². The van der Waals surface area contributed by atoms with Gasteiger partial charge in [0.25, 0.3) is 0 Å². The molecule has 3 fully saturated rings. The van der Waals surface area contributed by atoms with E-state index in [1.54, 1.807) is 0 Å². The number of benzene rings is 1. The largest absolute Gasteiger partial charge is 0.375 e. The van der Waals surface area contributed by atoms with Gasteiger partial charge in [0.15, 0.2) is 11.5 Å². The lowest BCUT2D eigenvalue weighted by Crippen LogP contribution is -2.62. The minimum absolute atomic E-state index is 0.156. The zero-order valence-electron chi connectivity index (χ0n) is 19.8. The van der Waals surface area contributed by atoms with Crippen molar-refractivity contribution >= 4 is 17.4 Å². The molecule has 0 atom stereocenters. The van der Waals surface area contributed by atoms with Gasteiger partial charge in [0.05, 0.1) is 25.4 Å². The van der Waals surface area contributed by atoms with E-state index in [9.17, 15) is 4.39 Å². The second-order valence-corrected chi connectivity index (χ2v) is 11.5. The SMILES string of the molecule is Cc1ccnc(N2CC3(CC(c4nnc5n4-c4ccc(Cl)cc4CN(CC4(F)COC4)C5)C3)C2)c1. The lowest BCUT2D eigenvalue weighted by atomic mass is 9.57. The number of halogens is 2. The van der Waals surface area contributed by atoms with Crippen LogP contribution in [0.4, 0.5) is 10.2 Å². The van der Waals surface area contributed by atoms with Crippen LogP contribution >= 0.6 is 11.6 Å². The molecule has 0 unspecified atom stereocenters. The molecule has 182 valence electrons. The Morgan fingerprint density at radius 1 is 1.11 bits per heavy atom. The predicted molar refractivity (Wildman–Crippen MR) is 131 cm³/mol. The molecule has 7 nitrogen and oxygen atoms in total. The smallest absolute Gasteiger partial charge is 0.169 e. The lowest BCUT2D eigenvalue weighted by molar-refractivity contribution is -0.142. The number of aromatic nitrogens is 4. The fourth-order valence-corrected chi connectivity index (χ4v) is 6.52. The fourth-order valence-electron chi connectivity index (χ4n) is 6.33. The molecule has 1 spiro atoms. The van der Waals surface area contributed by atoms with Crippen molar-refractivity contribution in [1.82, 2.24) is 24.6 Å². The highest BCUT2D eigenvalue weighted by Gasteiger charge is 2.54. The molecule has 9 heteroatoms. The Kier molecular flexibility index (Phi) is 4.79. The minimum Gasteiger partial charge on any atom is -0.375 e. The van der Waals surface area contributed by atoms with Crippen LogP contribution in [0.25, 0.3) is 5.69 Å². The molecule has 0 bridgehead atoms. The van der Waals surface area contributed by atoms with Gasteiger partial charge in [-0.15, -0.1) is 10.2 Å². The third kappa shape index (κ3) is 3.65. The van der Waals surface area contributed by atoms with E-state index >= 15 is 0 Å². The van der Waals surface area contributed by atoms with Gasteiger partial charge in [-0.3, -0.25) is 9.47 Å². The van der Waals surface area contributed by atoms with Gasteiger partial charge in [0, 0.05) is 48.7 Å². The normalized spacial score (nSPS) is 22.5. The van der Waals surface area contributed by atoms with E-state index in [2.05, 4.69) is 48.6 Å². The maximum Gasteiger partial charge on any atom is 0.169 e. The van der Waals surface area contributed by atoms with Crippen LogP contribution < -0.4 is 4.90 Å². The molecule has 1 aliphatic carbocycles. The Labute approximate surface area is 208 Å². The molecule has 1 saturated carbocycles. The van der Waals surface area contributed by atoms with Crippen LogP contribution in [-0.4, -0.2) is 63.2 Å². The van der Waals surface area contributed by atoms with Gasteiger partial charge in [0.1, 0.15) is 11.6 Å². The van der Waals surface area contributed by atoms with E-state index in [0.29, 0.717) is 36.0 Å². The number of nitrogens with zero attached hydrogens (tertiary/aromatic N) is 6. The summed E-state index contributed by atoms with van der Waals surface area (Å²) in [6.45, 7) is 6.00. The first-order chi connectivity index (χ1) is 16.9. The van der Waals surface area contributed by atoms with Crippen molar-refractivity contribution in [2.75, 3.05) is 37.7 Å². The van der Waals surface area contributed by atoms with Crippen molar-refractivity contribution in [3.05, 3.63) is 64.3 Å². The first-order valence-corrected chi connectivity index (χ1v) is 12.7. The van der Waals surface area contributed by atoms with Gasteiger partial charge in [-0.05, 0) is 61.2 Å². The Hall–Kier alpha value is -2.55. The summed E-state index contributed by atoms with van der Waals surface area (Å²) in [4.78, 5) is 9.03. The second kappa shape index (κ2) is 7.72. The van der Waals surface area contributed by atoms with Crippen molar-refractivity contribution in [2.45, 2.75) is 44.4 Å². The van der Waals surface area contributed by atoms with Crippen molar-refractivity contribution in [3.63, 3.8) is 0 Å². The summed E-state index contributed by atoms with van der Waals surface area (Å²) < 4.78 is 22.3. The first-order valence-electron chi connectivity index (χ1n) is 12.3. The highest BCUT2D eigenvalue weighted by Crippen LogP contribution is 2.56. The zero-order valence-corrected chi connectivity index (χ0v) is 20.5. The van der Waals surface area contributed by atoms with Crippen LogP contribution in [-0.2, 0) is 17.8 Å². The summed E-state index contributed by atoms with van der Waals surface area (Å²) in [5.74, 6) is 3.32. The third-order valence-electron chi connectivity index (χ3n) is 8.03. The standard InChI is InChI=1S/C26H28ClFN6O/c1-17-4-5-29-22(6-17)33-12-25(13-33)8-19(9-25)24-31-30-23-11-32(14-26(28)15-35-16-26)10-18-7-20(27)2-3-21(18)34(23)24/h2-7,19H,8-16H2,1H3. The molecule has 5 heterocycles. The predicted octanol–water partition coefficient (Wildman–Crippen LogP) is 4.06. The average molecular weight is 495 g/mol. The number of aryl methyl sites for hydroxylation is 1. The summed E-state index contributed by atoms with van der Waals surface area (Å²) in [6.07, 6.45) is 4.09. The van der Waals surface area contributed by atoms with Crippen molar-refractivity contribution in [3.8, 4) is 5.69 Å². The highest BCUT2D eigenvalue weighted by molar-refractivity contribution is 6.30. The number of ether oxygens (including phenoxy) is 1. The van der Waals surface area contributed by atoms with Gasteiger partial charge in [-0.1, -0.05) is 11.6 Å². The van der Waals surface area contributed by atoms with E-state index in [0.717, 1.165) is 54.6 Å². The van der Waals surface area contributed by atoms with Crippen LogP contribution in [0.1, 0.15) is 41.5 Å². The Morgan fingerprint density at radius 2 is 1.94 bits per heavy atom. The van der Waals surface area contributed by atoms with Crippen molar-refractivity contribution < 1.29 is 9.13 Å². The van der Waals surface area contributed by atoms with Crippen LogP contribution in [0.15, 0.2) is 36.5 Å². The van der Waals surface area contributed by atoms with Gasteiger partial charge in [-0.25, -0.2) is 9.37 Å². The number of fused-ring (bicyclic) bond motifs is 3. The van der Waals surface area contributed by atoms with Gasteiger partial charge in [0.2, 0.25) is 0 Å². The molecule has 0 radical (unpaired) electrons. The molecule has 3 aliphatic heterocycles. The molecule has 7 rings (SSSR count). The number of alkyl halides is 1. The number of hydrogen-bond donors (Lipinski definition) is 0. The van der Waals surface area contributed by atoms with Gasteiger partial charge in [-0.2, -0.15) is 0 Å². The quantitative estimate of drug-likeness (QED) is 0.545. The molecule has 35 heavy (non-hydrogen) atoms. The fraction of sp³-hybridized carbons (Fsp3) is 0.500. The molecular weight excluding hydrogens is 467 g/mol. The summed E-state index contributed by atoms with van der Waals surface area (Å²) in [5.41, 5.74) is 2.43. The molecular formula is C26H28ClFN6O. The third-order valence-corrected chi connectivity index (χ3v) is 8.26. The number of pyridine rings is 1. The minimum atomic E-state index is -1.29. The maximum atomic E-state index is 14.9. The van der Waals surface area contributed by atoms with E-state index in [1.807, 2.05) is 24.4 Å². The Bertz CT molecular complexity index is 1290. The number of anilines is 1. The summed E-state index contributed by atoms with van der Waals surface area (Å²) in [7, 11) is 0. The molecule has 1 aromatic carbocycles. The van der Waals surface area contributed by atoms with Crippen LogP contribution in [0.2, 0.25) is 5.02 Å². The van der Waals surface area contributed by atoms with E-state index in [4.69, 9.17) is 16.3 Å². The topological polar surface area (TPSA) is 59.3 Å². The van der Waals surface area contributed by atoms with E-state index < -0.39 is 5.67 Å². The van der Waals surface area contributed by atoms with Crippen LogP contribution in [0.5, 0.6) is 0 Å². The summed E-state index contributed by atoms with van der Waals surface area (Å²) in [6, 6.07) is 10.2. The monoisotopic (exact) mass is 494 g/mol. The molecule has 2 saturated heterocycles. The second-order valence-electron chi connectivity index (χ2n) is 11.0. The summed E-state index contributed by atoms with van der Waals surface area (Å²) in [5, 5.41) is 9.95. The molecule has 3 aromatic rings. The summed E-state index contributed by atoms with van der Waals surface area (Å²) >= 11 is 6.37. The maximum absolute atomic E-state index is 14.9. The van der Waals surface area contributed by atoms with Crippen LogP contribution in [0, 0.1) is 12.3 Å². The number of rotatable bonds is 4. The first kappa shape index (κ1) is 21.7. The van der Waals surface area contributed by atoms with Crippen molar-refractivity contribution in [1.29, 1.82) is 0 Å². The Morgan fingerprint density at radius 3 is 2.69 bits per heavy atom.